The van der Waals surface area contributed by atoms with Crippen LogP contribution in [0.25, 0.3) is 6.08 Å². The summed E-state index contributed by atoms with van der Waals surface area (Å²) in [5.41, 5.74) is 1.02. The van der Waals surface area contributed by atoms with E-state index in [9.17, 15) is 9.18 Å². The molecule has 0 fully saturated rings. The van der Waals surface area contributed by atoms with E-state index >= 15 is 0 Å². The second kappa shape index (κ2) is 9.60. The summed E-state index contributed by atoms with van der Waals surface area (Å²) in [4.78, 5) is 11.9. The van der Waals surface area contributed by atoms with Gasteiger partial charge >= 0.3 is 5.97 Å². The molecule has 0 aromatic heterocycles. The highest BCUT2D eigenvalue weighted by atomic mass is 35.5. The number of esters is 1. The number of benzene rings is 2. The zero-order valence-electron chi connectivity index (χ0n) is 14.8. The number of nitrogens with zero attached hydrogens (tertiary/aromatic N) is 1. The molecule has 0 aliphatic rings. The first-order valence-electron chi connectivity index (χ1n) is 8.02. The largest absolute Gasteiger partial charge is 0.491 e. The van der Waals surface area contributed by atoms with Gasteiger partial charge in [-0.1, -0.05) is 11.6 Å². The molecule has 2 aromatic carbocycles. The molecule has 0 bridgehead atoms. The lowest BCUT2D eigenvalue weighted by Gasteiger charge is -2.11. The number of hydrogen-bond donors (Lipinski definition) is 0. The lowest BCUT2D eigenvalue weighted by atomic mass is 10.1. The van der Waals surface area contributed by atoms with E-state index in [4.69, 9.17) is 31.1 Å². The van der Waals surface area contributed by atoms with Gasteiger partial charge in [0.1, 0.15) is 12.4 Å². The average molecular weight is 390 g/mol. The molecule has 5 nitrogen and oxygen atoms in total. The molecule has 0 saturated carbocycles. The zero-order valence-corrected chi connectivity index (χ0v) is 15.5. The first-order valence-corrected chi connectivity index (χ1v) is 8.40. The van der Waals surface area contributed by atoms with Crippen molar-refractivity contribution in [3.63, 3.8) is 0 Å². The lowest BCUT2D eigenvalue weighted by Crippen LogP contribution is -2.03. The Labute approximate surface area is 161 Å². The number of halogens is 2. The third kappa shape index (κ3) is 5.47. The van der Waals surface area contributed by atoms with Crippen LogP contribution in [0.2, 0.25) is 5.02 Å². The molecule has 0 spiro atoms. The summed E-state index contributed by atoms with van der Waals surface area (Å²) in [7, 11) is 1.48. The lowest BCUT2D eigenvalue weighted by molar-refractivity contribution is -0.138. The molecule has 0 saturated heterocycles. The zero-order chi connectivity index (χ0) is 19.8. The Morgan fingerprint density at radius 3 is 2.78 bits per heavy atom. The molecule has 140 valence electrons. The summed E-state index contributed by atoms with van der Waals surface area (Å²) in [6.45, 7) is 1.97. The normalized spacial score (nSPS) is 10.5. The molecule has 0 atom stereocenters. The van der Waals surface area contributed by atoms with Crippen LogP contribution in [0, 0.1) is 17.1 Å². The molecule has 27 heavy (non-hydrogen) atoms. The van der Waals surface area contributed by atoms with Crippen molar-refractivity contribution < 1.29 is 23.4 Å². The fraction of sp³-hybridized carbons (Fsp3) is 0.200. The van der Waals surface area contributed by atoms with Crippen LogP contribution >= 0.6 is 11.6 Å². The minimum atomic E-state index is -0.665. The van der Waals surface area contributed by atoms with Crippen molar-refractivity contribution in [3.05, 3.63) is 63.9 Å². The maximum atomic E-state index is 13.7. The summed E-state index contributed by atoms with van der Waals surface area (Å²) in [5, 5.41) is 9.18. The third-order valence-corrected chi connectivity index (χ3v) is 3.77. The van der Waals surface area contributed by atoms with Gasteiger partial charge in [0.15, 0.2) is 11.5 Å². The van der Waals surface area contributed by atoms with E-state index in [-0.39, 0.29) is 17.7 Å². The van der Waals surface area contributed by atoms with Gasteiger partial charge in [0.2, 0.25) is 0 Å². The monoisotopic (exact) mass is 389 g/mol. The molecule has 0 heterocycles. The van der Waals surface area contributed by atoms with Gasteiger partial charge in [0, 0.05) is 11.6 Å². The average Bonchev–Trinajstić information content (AvgIpc) is 2.66. The van der Waals surface area contributed by atoms with Gasteiger partial charge in [-0.25, -0.2) is 9.18 Å². The minimum absolute atomic E-state index is 0.127. The number of methoxy groups -OCH3 is 1. The molecule has 0 N–H and O–H groups in total. The Hall–Kier alpha value is -3.04. The highest BCUT2D eigenvalue weighted by molar-refractivity contribution is 6.32. The Morgan fingerprint density at radius 2 is 2.11 bits per heavy atom. The second-order valence-corrected chi connectivity index (χ2v) is 5.73. The molecule has 0 aliphatic heterocycles. The van der Waals surface area contributed by atoms with E-state index in [0.29, 0.717) is 28.7 Å². The molecule has 7 heteroatoms. The molecule has 2 aromatic rings. The summed E-state index contributed by atoms with van der Waals surface area (Å²) < 4.78 is 29.4. The van der Waals surface area contributed by atoms with E-state index < -0.39 is 11.8 Å². The van der Waals surface area contributed by atoms with Crippen molar-refractivity contribution >= 4 is 23.6 Å². The number of ether oxygens (including phenoxy) is 3. The topological polar surface area (TPSA) is 68.5 Å². The van der Waals surface area contributed by atoms with E-state index in [2.05, 4.69) is 0 Å². The van der Waals surface area contributed by atoms with Crippen LogP contribution in [-0.2, 0) is 16.1 Å². The van der Waals surface area contributed by atoms with Gasteiger partial charge in [-0.3, -0.25) is 0 Å². The predicted octanol–water partition coefficient (Wildman–Crippen LogP) is 4.51. The number of hydrogen-bond acceptors (Lipinski definition) is 5. The van der Waals surface area contributed by atoms with Crippen molar-refractivity contribution in [2.24, 2.45) is 0 Å². The maximum absolute atomic E-state index is 13.7. The number of nitriles is 1. The number of rotatable bonds is 7. The van der Waals surface area contributed by atoms with Gasteiger partial charge in [-0.15, -0.1) is 0 Å². The van der Waals surface area contributed by atoms with Gasteiger partial charge in [0.05, 0.1) is 30.4 Å². The SMILES string of the molecule is CCOc1cc(/C=C/C(=O)OCc2cc(C#N)ccc2F)cc(Cl)c1OC. The van der Waals surface area contributed by atoms with Crippen LogP contribution in [0.15, 0.2) is 36.4 Å². The smallest absolute Gasteiger partial charge is 0.331 e. The van der Waals surface area contributed by atoms with Crippen LogP contribution in [0.3, 0.4) is 0 Å². The molecule has 0 radical (unpaired) electrons. The van der Waals surface area contributed by atoms with Crippen LogP contribution in [0.5, 0.6) is 11.5 Å². The summed E-state index contributed by atoms with van der Waals surface area (Å²) in [6.07, 6.45) is 2.69. The van der Waals surface area contributed by atoms with E-state index in [1.807, 2.05) is 13.0 Å². The summed E-state index contributed by atoms with van der Waals surface area (Å²) in [6, 6.07) is 9.04. The highest BCUT2D eigenvalue weighted by Crippen LogP contribution is 2.36. The Balaban J connectivity index is 2.08. The molecular formula is C20H17ClFNO4. The second-order valence-electron chi connectivity index (χ2n) is 5.33. The Morgan fingerprint density at radius 1 is 1.33 bits per heavy atom. The van der Waals surface area contributed by atoms with Gasteiger partial charge < -0.3 is 14.2 Å². The molecule has 0 unspecified atom stereocenters. The summed E-state index contributed by atoms with van der Waals surface area (Å²) in [5.74, 6) is -0.349. The summed E-state index contributed by atoms with van der Waals surface area (Å²) >= 11 is 6.15. The maximum Gasteiger partial charge on any atom is 0.331 e. The Kier molecular flexibility index (Phi) is 7.21. The van der Waals surface area contributed by atoms with Gasteiger partial charge in [-0.2, -0.15) is 5.26 Å². The van der Waals surface area contributed by atoms with Crippen molar-refractivity contribution in [2.45, 2.75) is 13.5 Å². The highest BCUT2D eigenvalue weighted by Gasteiger charge is 2.11. The number of carbonyl (C=O) groups is 1. The third-order valence-electron chi connectivity index (χ3n) is 3.49. The van der Waals surface area contributed by atoms with Crippen LogP contribution in [-0.4, -0.2) is 19.7 Å². The van der Waals surface area contributed by atoms with Gasteiger partial charge in [0.25, 0.3) is 0 Å². The van der Waals surface area contributed by atoms with Crippen LogP contribution < -0.4 is 9.47 Å². The molecular weight excluding hydrogens is 373 g/mol. The van der Waals surface area contributed by atoms with Crippen LogP contribution in [0.4, 0.5) is 4.39 Å². The molecule has 0 aliphatic carbocycles. The molecule has 2 rings (SSSR count). The van der Waals surface area contributed by atoms with Crippen LogP contribution in [0.1, 0.15) is 23.6 Å². The van der Waals surface area contributed by atoms with Gasteiger partial charge in [-0.05, 0) is 48.9 Å². The van der Waals surface area contributed by atoms with E-state index in [1.165, 1.54) is 31.4 Å². The minimum Gasteiger partial charge on any atom is -0.491 e. The van der Waals surface area contributed by atoms with Crippen molar-refractivity contribution in [2.75, 3.05) is 13.7 Å². The van der Waals surface area contributed by atoms with E-state index in [1.54, 1.807) is 12.1 Å². The fourth-order valence-corrected chi connectivity index (χ4v) is 2.56. The van der Waals surface area contributed by atoms with Crippen molar-refractivity contribution in [3.8, 4) is 17.6 Å². The Bertz CT molecular complexity index is 906. The van der Waals surface area contributed by atoms with Crippen molar-refractivity contribution in [1.29, 1.82) is 5.26 Å². The fourth-order valence-electron chi connectivity index (χ4n) is 2.26. The molecule has 0 amide bonds. The quantitative estimate of drug-likeness (QED) is 0.514. The van der Waals surface area contributed by atoms with Crippen molar-refractivity contribution in [1.82, 2.24) is 0 Å². The first kappa shape index (κ1) is 20.3. The predicted molar refractivity (Wildman–Crippen MR) is 99.1 cm³/mol. The first-order chi connectivity index (χ1) is 13.0. The number of carbonyl (C=O) groups excluding carboxylic acids is 1. The van der Waals surface area contributed by atoms with E-state index in [0.717, 1.165) is 6.07 Å². The standard InChI is InChI=1S/C20H17ClFNO4/c1-3-26-18-10-13(9-16(21)20(18)25-2)5-7-19(24)27-12-15-8-14(11-23)4-6-17(15)22/h4-10H,3,12H2,1-2H3/b7-5+.